The number of benzene rings is 1. The number of aliphatic hydroxyl groups excluding tert-OH is 1. The van der Waals surface area contributed by atoms with Crippen LogP contribution in [0.3, 0.4) is 0 Å². The predicted octanol–water partition coefficient (Wildman–Crippen LogP) is 1.99. The van der Waals surface area contributed by atoms with Gasteiger partial charge in [-0.3, -0.25) is 0 Å². The van der Waals surface area contributed by atoms with Gasteiger partial charge in [0.25, 0.3) is 0 Å². The number of ether oxygens (including phenoxy) is 2. The number of carbonyl (C=O) groups is 1. The SMILES string of the molecule is CCCOc1cccc(C(=O)OC[C@H](O)CNC(C)C)c1. The highest BCUT2D eigenvalue weighted by Crippen LogP contribution is 2.14. The second kappa shape index (κ2) is 9.37. The molecule has 0 spiro atoms. The van der Waals surface area contributed by atoms with Crippen LogP contribution in [0.15, 0.2) is 24.3 Å². The molecule has 0 radical (unpaired) electrons. The minimum atomic E-state index is -0.712. The van der Waals surface area contributed by atoms with Gasteiger partial charge in [0, 0.05) is 12.6 Å². The summed E-state index contributed by atoms with van der Waals surface area (Å²) in [6, 6.07) is 7.14. The first kappa shape index (κ1) is 17.5. The first-order chi connectivity index (χ1) is 10.0. The van der Waals surface area contributed by atoms with Crippen molar-refractivity contribution < 1.29 is 19.4 Å². The molecule has 21 heavy (non-hydrogen) atoms. The van der Waals surface area contributed by atoms with Crippen LogP contribution >= 0.6 is 0 Å². The standard InChI is InChI=1S/C16H25NO4/c1-4-8-20-15-7-5-6-13(9-15)16(19)21-11-14(18)10-17-12(2)3/h5-7,9,12,14,17-18H,4,8,10-11H2,1-3H3/t14-/m1/s1. The van der Waals surface area contributed by atoms with Crippen molar-refractivity contribution in [2.75, 3.05) is 19.8 Å². The van der Waals surface area contributed by atoms with Crippen LogP contribution in [0.25, 0.3) is 0 Å². The molecule has 0 saturated heterocycles. The lowest BCUT2D eigenvalue weighted by atomic mass is 10.2. The molecular formula is C16H25NO4. The van der Waals surface area contributed by atoms with Gasteiger partial charge in [-0.1, -0.05) is 26.8 Å². The highest BCUT2D eigenvalue weighted by Gasteiger charge is 2.12. The maximum atomic E-state index is 11.9. The number of hydrogen-bond donors (Lipinski definition) is 2. The van der Waals surface area contributed by atoms with E-state index in [1.807, 2.05) is 20.8 Å². The third-order valence-electron chi connectivity index (χ3n) is 2.71. The van der Waals surface area contributed by atoms with E-state index in [9.17, 15) is 9.90 Å². The number of esters is 1. The lowest BCUT2D eigenvalue weighted by Gasteiger charge is -2.14. The van der Waals surface area contributed by atoms with Gasteiger partial charge in [0.1, 0.15) is 18.5 Å². The predicted molar refractivity (Wildman–Crippen MR) is 81.7 cm³/mol. The first-order valence-corrected chi connectivity index (χ1v) is 7.34. The van der Waals surface area contributed by atoms with Crippen molar-refractivity contribution in [2.24, 2.45) is 0 Å². The van der Waals surface area contributed by atoms with Gasteiger partial charge in [0.15, 0.2) is 0 Å². The summed E-state index contributed by atoms with van der Waals surface area (Å²) in [4.78, 5) is 11.9. The molecule has 0 amide bonds. The molecule has 5 heteroatoms. The van der Waals surface area contributed by atoms with Crippen molar-refractivity contribution in [1.82, 2.24) is 5.32 Å². The molecule has 2 N–H and O–H groups in total. The van der Waals surface area contributed by atoms with E-state index in [4.69, 9.17) is 9.47 Å². The monoisotopic (exact) mass is 295 g/mol. The third-order valence-corrected chi connectivity index (χ3v) is 2.71. The van der Waals surface area contributed by atoms with Gasteiger partial charge in [0.2, 0.25) is 0 Å². The molecule has 1 aromatic carbocycles. The number of aliphatic hydroxyl groups is 1. The van der Waals surface area contributed by atoms with E-state index in [1.165, 1.54) is 0 Å². The van der Waals surface area contributed by atoms with Gasteiger partial charge < -0.3 is 19.9 Å². The van der Waals surface area contributed by atoms with Crippen LogP contribution in [-0.2, 0) is 4.74 Å². The normalized spacial score (nSPS) is 12.2. The van der Waals surface area contributed by atoms with Crippen molar-refractivity contribution in [2.45, 2.75) is 39.3 Å². The average Bonchev–Trinajstić information content (AvgIpc) is 2.48. The Morgan fingerprint density at radius 1 is 1.38 bits per heavy atom. The van der Waals surface area contributed by atoms with E-state index < -0.39 is 12.1 Å². The summed E-state index contributed by atoms with van der Waals surface area (Å²) in [6.07, 6.45) is 0.194. The van der Waals surface area contributed by atoms with E-state index >= 15 is 0 Å². The highest BCUT2D eigenvalue weighted by molar-refractivity contribution is 5.89. The van der Waals surface area contributed by atoms with Crippen LogP contribution in [0.2, 0.25) is 0 Å². The molecule has 1 aromatic rings. The molecule has 0 aliphatic heterocycles. The van der Waals surface area contributed by atoms with E-state index in [1.54, 1.807) is 24.3 Å². The van der Waals surface area contributed by atoms with E-state index in [0.717, 1.165) is 6.42 Å². The Balaban J connectivity index is 2.44. The number of hydrogen-bond acceptors (Lipinski definition) is 5. The minimum Gasteiger partial charge on any atom is -0.494 e. The fourth-order valence-electron chi connectivity index (χ4n) is 1.62. The summed E-state index contributed by atoms with van der Waals surface area (Å²) in [5.74, 6) is 0.189. The molecule has 0 bridgehead atoms. The Morgan fingerprint density at radius 3 is 2.81 bits per heavy atom. The van der Waals surface area contributed by atoms with Crippen molar-refractivity contribution >= 4 is 5.97 Å². The summed E-state index contributed by atoms with van der Waals surface area (Å²) in [7, 11) is 0. The Kier molecular flexibility index (Phi) is 7.79. The van der Waals surface area contributed by atoms with Gasteiger partial charge in [-0.05, 0) is 24.6 Å². The van der Waals surface area contributed by atoms with Crippen LogP contribution in [0.4, 0.5) is 0 Å². The lowest BCUT2D eigenvalue weighted by Crippen LogP contribution is -2.35. The molecule has 1 atom stereocenters. The van der Waals surface area contributed by atoms with Crippen LogP contribution in [0.1, 0.15) is 37.6 Å². The summed E-state index contributed by atoms with van der Waals surface area (Å²) < 4.78 is 10.6. The largest absolute Gasteiger partial charge is 0.494 e. The number of nitrogens with one attached hydrogen (secondary N) is 1. The number of rotatable bonds is 9. The molecule has 1 rings (SSSR count). The molecule has 118 valence electrons. The van der Waals surface area contributed by atoms with E-state index in [0.29, 0.717) is 24.5 Å². The summed E-state index contributed by atoms with van der Waals surface area (Å²) >= 11 is 0. The Labute approximate surface area is 126 Å². The summed E-state index contributed by atoms with van der Waals surface area (Å²) in [5, 5.41) is 12.8. The molecule has 5 nitrogen and oxygen atoms in total. The van der Waals surface area contributed by atoms with Gasteiger partial charge in [-0.2, -0.15) is 0 Å². The van der Waals surface area contributed by atoms with Crippen molar-refractivity contribution in [3.63, 3.8) is 0 Å². The fourth-order valence-corrected chi connectivity index (χ4v) is 1.62. The van der Waals surface area contributed by atoms with Crippen LogP contribution in [-0.4, -0.2) is 43.0 Å². The third kappa shape index (κ3) is 7.11. The zero-order valence-corrected chi connectivity index (χ0v) is 13.0. The van der Waals surface area contributed by atoms with Gasteiger partial charge in [-0.15, -0.1) is 0 Å². The van der Waals surface area contributed by atoms with Crippen molar-refractivity contribution in [3.8, 4) is 5.75 Å². The van der Waals surface area contributed by atoms with Crippen LogP contribution in [0, 0.1) is 0 Å². The van der Waals surface area contributed by atoms with Gasteiger partial charge in [0.05, 0.1) is 12.2 Å². The van der Waals surface area contributed by atoms with Crippen LogP contribution in [0.5, 0.6) is 5.75 Å². The second-order valence-electron chi connectivity index (χ2n) is 5.19. The fraction of sp³-hybridized carbons (Fsp3) is 0.562. The number of carbonyl (C=O) groups excluding carboxylic acids is 1. The summed E-state index contributed by atoms with van der Waals surface area (Å²) in [5.41, 5.74) is 0.424. The lowest BCUT2D eigenvalue weighted by molar-refractivity contribution is 0.0255. The molecule has 0 fully saturated rings. The Hall–Kier alpha value is -1.59. The van der Waals surface area contributed by atoms with Crippen molar-refractivity contribution in [3.05, 3.63) is 29.8 Å². The zero-order chi connectivity index (χ0) is 15.7. The minimum absolute atomic E-state index is 0.0292. The molecule has 0 unspecified atom stereocenters. The molecule has 0 saturated carbocycles. The topological polar surface area (TPSA) is 67.8 Å². The van der Waals surface area contributed by atoms with Gasteiger partial charge in [-0.25, -0.2) is 4.79 Å². The maximum Gasteiger partial charge on any atom is 0.338 e. The van der Waals surface area contributed by atoms with E-state index in [-0.39, 0.29) is 12.6 Å². The zero-order valence-electron chi connectivity index (χ0n) is 13.0. The Bertz CT molecular complexity index is 434. The molecule has 0 aliphatic rings. The van der Waals surface area contributed by atoms with Crippen molar-refractivity contribution in [1.29, 1.82) is 0 Å². The van der Waals surface area contributed by atoms with Gasteiger partial charge >= 0.3 is 5.97 Å². The smallest absolute Gasteiger partial charge is 0.338 e. The summed E-state index contributed by atoms with van der Waals surface area (Å²) in [6.45, 7) is 6.97. The highest BCUT2D eigenvalue weighted by atomic mass is 16.5. The van der Waals surface area contributed by atoms with E-state index in [2.05, 4.69) is 5.32 Å². The molecule has 0 heterocycles. The molecule has 0 aliphatic carbocycles. The average molecular weight is 295 g/mol. The second-order valence-corrected chi connectivity index (χ2v) is 5.19. The first-order valence-electron chi connectivity index (χ1n) is 7.34. The molecular weight excluding hydrogens is 270 g/mol. The molecule has 0 aromatic heterocycles. The quantitative estimate of drug-likeness (QED) is 0.682. The Morgan fingerprint density at radius 2 is 2.14 bits per heavy atom. The van der Waals surface area contributed by atoms with Crippen LogP contribution < -0.4 is 10.1 Å². The maximum absolute atomic E-state index is 11.9.